The van der Waals surface area contributed by atoms with Gasteiger partial charge in [0.05, 0.1) is 26.0 Å². The molecule has 186 valence electrons. The first kappa shape index (κ1) is 24.7. The summed E-state index contributed by atoms with van der Waals surface area (Å²) in [6.07, 6.45) is 1.06. The summed E-state index contributed by atoms with van der Waals surface area (Å²) in [5, 5.41) is 8.70. The molecule has 9 nitrogen and oxygen atoms in total. The molecule has 4 rings (SSSR count). The molecule has 0 radical (unpaired) electrons. The molecule has 0 fully saturated rings. The number of carbonyl (C=O) groups excluding carboxylic acids is 2. The van der Waals surface area contributed by atoms with Crippen molar-refractivity contribution >= 4 is 23.4 Å². The number of cyclic esters (lactones) is 1. The third-order valence-electron chi connectivity index (χ3n) is 5.73. The predicted octanol–water partition coefficient (Wildman–Crippen LogP) is 4.85. The van der Waals surface area contributed by atoms with Gasteiger partial charge < -0.3 is 19.5 Å². The van der Waals surface area contributed by atoms with E-state index in [2.05, 4.69) is 15.4 Å². The number of pyridine rings is 1. The molecule has 1 aliphatic rings. The third-order valence-corrected chi connectivity index (χ3v) is 5.73. The van der Waals surface area contributed by atoms with Crippen molar-refractivity contribution in [3.05, 3.63) is 83.7 Å². The average molecular weight is 489 g/mol. The van der Waals surface area contributed by atoms with Crippen LogP contribution in [0.15, 0.2) is 72.0 Å². The van der Waals surface area contributed by atoms with Gasteiger partial charge in [-0.15, -0.1) is 0 Å². The van der Waals surface area contributed by atoms with E-state index in [1.165, 1.54) is 5.01 Å². The highest BCUT2D eigenvalue weighted by atomic mass is 16.6. The molecule has 1 aliphatic heterocycles. The Morgan fingerprint density at radius 1 is 1.14 bits per heavy atom. The Morgan fingerprint density at radius 3 is 2.64 bits per heavy atom. The number of nitrogens with one attached hydrogen (secondary N) is 1. The number of methoxy groups -OCH3 is 1. The summed E-state index contributed by atoms with van der Waals surface area (Å²) < 4.78 is 16.5. The normalized spacial score (nSPS) is 13.9. The molecular formula is C27H28N4O5. The van der Waals surface area contributed by atoms with Crippen LogP contribution in [0, 0.1) is 0 Å². The number of nitrogens with zero attached hydrogens (tertiary/aromatic N) is 3. The van der Waals surface area contributed by atoms with E-state index in [0.717, 1.165) is 16.8 Å². The monoisotopic (exact) mass is 488 g/mol. The highest BCUT2D eigenvalue weighted by Gasteiger charge is 2.26. The van der Waals surface area contributed by atoms with E-state index in [1.54, 1.807) is 43.6 Å². The van der Waals surface area contributed by atoms with Gasteiger partial charge in [0.25, 0.3) is 5.91 Å². The Balaban J connectivity index is 1.44. The fourth-order valence-corrected chi connectivity index (χ4v) is 3.73. The topological polar surface area (TPSA) is 102 Å². The fourth-order valence-electron chi connectivity index (χ4n) is 3.73. The number of ether oxygens (including phenoxy) is 3. The minimum absolute atomic E-state index is 0.102. The van der Waals surface area contributed by atoms with Crippen LogP contribution in [0.5, 0.6) is 11.5 Å². The van der Waals surface area contributed by atoms with Crippen molar-refractivity contribution in [2.45, 2.75) is 26.3 Å². The van der Waals surface area contributed by atoms with E-state index in [9.17, 15) is 9.59 Å². The molecule has 0 spiro atoms. The van der Waals surface area contributed by atoms with Gasteiger partial charge in [0, 0.05) is 17.8 Å². The smallest absolute Gasteiger partial charge is 0.431 e. The number of aromatic nitrogens is 1. The lowest BCUT2D eigenvalue weighted by Gasteiger charge is -2.26. The summed E-state index contributed by atoms with van der Waals surface area (Å²) in [5.74, 6) is 0.919. The zero-order chi connectivity index (χ0) is 25.5. The summed E-state index contributed by atoms with van der Waals surface area (Å²) >= 11 is 0. The minimum atomic E-state index is -0.511. The van der Waals surface area contributed by atoms with Crippen LogP contribution >= 0.6 is 0 Å². The zero-order valence-electron chi connectivity index (χ0n) is 20.4. The molecule has 3 aromatic rings. The molecule has 2 heterocycles. The van der Waals surface area contributed by atoms with Gasteiger partial charge >= 0.3 is 6.09 Å². The first-order chi connectivity index (χ1) is 17.5. The molecule has 9 heteroatoms. The highest BCUT2D eigenvalue weighted by Crippen LogP contribution is 2.32. The van der Waals surface area contributed by atoms with E-state index < -0.39 is 6.09 Å². The Bertz CT molecular complexity index is 1240. The second kappa shape index (κ2) is 11.4. The molecule has 2 amide bonds. The van der Waals surface area contributed by atoms with E-state index in [0.29, 0.717) is 29.5 Å². The Labute approximate surface area is 209 Å². The molecule has 1 N–H and O–H groups in total. The molecule has 0 saturated heterocycles. The van der Waals surface area contributed by atoms with Crippen LogP contribution < -0.4 is 14.8 Å². The van der Waals surface area contributed by atoms with Crippen molar-refractivity contribution < 1.29 is 23.8 Å². The quantitative estimate of drug-likeness (QED) is 0.462. The summed E-state index contributed by atoms with van der Waals surface area (Å²) in [6.45, 7) is 4.81. The average Bonchev–Trinajstić information content (AvgIpc) is 2.91. The lowest BCUT2D eigenvalue weighted by atomic mass is 9.96. The lowest BCUT2D eigenvalue weighted by molar-refractivity contribution is 0.102. The SMILES string of the molecule is CCOc1ccc(C(C)C2=NN(Cc3ccc(NC(=O)c4ccccn4)cc3)C(=O)OC2)cc1OC. The van der Waals surface area contributed by atoms with E-state index in [-0.39, 0.29) is 25.0 Å². The molecule has 2 aromatic carbocycles. The van der Waals surface area contributed by atoms with Gasteiger partial charge in [-0.05, 0) is 54.4 Å². The molecule has 0 aliphatic carbocycles. The highest BCUT2D eigenvalue weighted by molar-refractivity contribution is 6.02. The summed E-state index contributed by atoms with van der Waals surface area (Å²) in [6, 6.07) is 18.1. The number of benzene rings is 2. The second-order valence-electron chi connectivity index (χ2n) is 8.13. The van der Waals surface area contributed by atoms with Crippen molar-refractivity contribution in [1.29, 1.82) is 0 Å². The molecule has 1 atom stereocenters. The molecule has 0 saturated carbocycles. The standard InChI is InChI=1S/C27H28N4O5/c1-4-35-24-13-10-20(15-25(24)34-3)18(2)23-17-36-27(33)31(30-23)16-19-8-11-21(12-9-19)29-26(32)22-7-5-6-14-28-22/h5-15,18H,4,16-17H2,1-3H3,(H,29,32). The third kappa shape index (κ3) is 5.80. The van der Waals surface area contributed by atoms with Gasteiger partial charge in [-0.25, -0.2) is 4.79 Å². The summed E-state index contributed by atoms with van der Waals surface area (Å²) in [4.78, 5) is 28.7. The van der Waals surface area contributed by atoms with E-state index in [4.69, 9.17) is 14.2 Å². The van der Waals surface area contributed by atoms with Crippen LogP contribution in [0.25, 0.3) is 0 Å². The number of hydrogen-bond donors (Lipinski definition) is 1. The van der Waals surface area contributed by atoms with Crippen LogP contribution in [0.1, 0.15) is 41.4 Å². The maximum absolute atomic E-state index is 12.4. The maximum Gasteiger partial charge on any atom is 0.431 e. The van der Waals surface area contributed by atoms with Gasteiger partial charge in [-0.1, -0.05) is 31.2 Å². The molecule has 1 aromatic heterocycles. The number of carbonyl (C=O) groups is 2. The Kier molecular flexibility index (Phi) is 7.79. The largest absolute Gasteiger partial charge is 0.493 e. The van der Waals surface area contributed by atoms with Crippen LogP contribution in [0.4, 0.5) is 10.5 Å². The molecular weight excluding hydrogens is 460 g/mol. The number of anilines is 1. The van der Waals surface area contributed by atoms with Crippen molar-refractivity contribution in [2.24, 2.45) is 5.10 Å². The molecule has 36 heavy (non-hydrogen) atoms. The first-order valence-corrected chi connectivity index (χ1v) is 11.6. The van der Waals surface area contributed by atoms with Crippen molar-refractivity contribution in [3.63, 3.8) is 0 Å². The van der Waals surface area contributed by atoms with E-state index >= 15 is 0 Å². The predicted molar refractivity (Wildman–Crippen MR) is 136 cm³/mol. The fraction of sp³-hybridized carbons (Fsp3) is 0.259. The number of hydrogen-bond acceptors (Lipinski definition) is 7. The maximum atomic E-state index is 12.4. The first-order valence-electron chi connectivity index (χ1n) is 11.6. The van der Waals surface area contributed by atoms with Gasteiger partial charge in [0.2, 0.25) is 0 Å². The van der Waals surface area contributed by atoms with Gasteiger partial charge in [0.1, 0.15) is 12.3 Å². The van der Waals surface area contributed by atoms with Gasteiger partial charge in [-0.2, -0.15) is 10.1 Å². The van der Waals surface area contributed by atoms with Crippen LogP contribution in [-0.2, 0) is 11.3 Å². The van der Waals surface area contributed by atoms with Crippen molar-refractivity contribution in [2.75, 3.05) is 25.6 Å². The summed E-state index contributed by atoms with van der Waals surface area (Å²) in [7, 11) is 1.60. The zero-order valence-corrected chi connectivity index (χ0v) is 20.4. The van der Waals surface area contributed by atoms with Gasteiger partial charge in [-0.3, -0.25) is 9.78 Å². The summed E-state index contributed by atoms with van der Waals surface area (Å²) in [5.41, 5.74) is 3.49. The molecule has 1 unspecified atom stereocenters. The van der Waals surface area contributed by atoms with Crippen LogP contribution in [0.3, 0.4) is 0 Å². The Hall–Kier alpha value is -4.40. The number of rotatable bonds is 9. The van der Waals surface area contributed by atoms with E-state index in [1.807, 2.05) is 44.2 Å². The second-order valence-corrected chi connectivity index (χ2v) is 8.13. The van der Waals surface area contributed by atoms with Crippen molar-refractivity contribution in [1.82, 2.24) is 9.99 Å². The van der Waals surface area contributed by atoms with Gasteiger partial charge in [0.15, 0.2) is 11.5 Å². The Morgan fingerprint density at radius 2 is 1.94 bits per heavy atom. The molecule has 0 bridgehead atoms. The number of amides is 2. The van der Waals surface area contributed by atoms with Crippen molar-refractivity contribution in [3.8, 4) is 11.5 Å². The number of hydrazone groups is 1. The van der Waals surface area contributed by atoms with Crippen LogP contribution in [0.2, 0.25) is 0 Å². The van der Waals surface area contributed by atoms with Crippen LogP contribution in [-0.4, -0.2) is 48.0 Å². The minimum Gasteiger partial charge on any atom is -0.493 e. The lowest BCUT2D eigenvalue weighted by Crippen LogP contribution is -2.36.